The van der Waals surface area contributed by atoms with Gasteiger partial charge in [-0.25, -0.2) is 0 Å². The summed E-state index contributed by atoms with van der Waals surface area (Å²) in [5.74, 6) is 0.319. The van der Waals surface area contributed by atoms with E-state index < -0.39 is 8.07 Å². The van der Waals surface area contributed by atoms with E-state index in [0.29, 0.717) is 5.92 Å². The highest BCUT2D eigenvalue weighted by Gasteiger charge is 2.41. The van der Waals surface area contributed by atoms with E-state index >= 15 is 0 Å². The monoisotopic (exact) mass is 819 g/mol. The van der Waals surface area contributed by atoms with Crippen molar-refractivity contribution in [3.63, 3.8) is 0 Å². The quantitative estimate of drug-likeness (QED) is 0.106. The van der Waals surface area contributed by atoms with Gasteiger partial charge in [0.25, 0.3) is 0 Å². The lowest BCUT2D eigenvalue weighted by Gasteiger charge is -2.34. The summed E-state index contributed by atoms with van der Waals surface area (Å²) in [6, 6.07) is 91.1. The van der Waals surface area contributed by atoms with E-state index in [0.717, 1.165) is 12.8 Å². The van der Waals surface area contributed by atoms with Gasteiger partial charge in [-0.2, -0.15) is 0 Å². The molecule has 0 N–H and O–H groups in total. The molecule has 0 spiro atoms. The first-order valence-electron chi connectivity index (χ1n) is 22.2. The Morgan fingerprint density at radius 3 is 1.70 bits per heavy atom. The molecule has 1 atom stereocenters. The summed E-state index contributed by atoms with van der Waals surface area (Å²) >= 11 is 0. The van der Waals surface area contributed by atoms with E-state index in [1.54, 1.807) is 0 Å². The maximum absolute atomic E-state index is 2.71. The molecule has 0 aliphatic heterocycles. The number of para-hydroxylation sites is 1. The highest BCUT2D eigenvalue weighted by atomic mass is 28.3. The van der Waals surface area contributed by atoms with Gasteiger partial charge in [0.1, 0.15) is 0 Å². The van der Waals surface area contributed by atoms with Gasteiger partial charge in [-0.3, -0.25) is 0 Å². The maximum atomic E-state index is 2.49. The van der Waals surface area contributed by atoms with Gasteiger partial charge in [0, 0.05) is 22.4 Å². The molecule has 0 saturated heterocycles. The van der Waals surface area contributed by atoms with Crippen LogP contribution in [-0.2, 0) is 12.8 Å². The molecular formula is C61H45NSi. The molecule has 0 radical (unpaired) electrons. The van der Waals surface area contributed by atoms with Crippen LogP contribution in [0.4, 0.5) is 0 Å². The van der Waals surface area contributed by atoms with E-state index in [1.807, 2.05) is 0 Å². The number of nitrogens with zero attached hydrogens (tertiary/aromatic N) is 1. The molecule has 0 amide bonds. The third-order valence-electron chi connectivity index (χ3n) is 13.7. The molecule has 1 aromatic heterocycles. The van der Waals surface area contributed by atoms with Crippen molar-refractivity contribution in [1.82, 2.24) is 4.57 Å². The smallest absolute Gasteiger partial charge is 0.179 e. The number of benzene rings is 10. The topological polar surface area (TPSA) is 4.93 Å². The molecule has 1 aliphatic rings. The summed E-state index contributed by atoms with van der Waals surface area (Å²) in [5.41, 5.74) is 13.3. The molecule has 298 valence electrons. The molecule has 1 unspecified atom stereocenters. The highest BCUT2D eigenvalue weighted by molar-refractivity contribution is 7.19. The second-order valence-electron chi connectivity index (χ2n) is 17.2. The molecule has 1 aliphatic carbocycles. The van der Waals surface area contributed by atoms with Gasteiger partial charge in [-0.05, 0) is 114 Å². The molecule has 1 nitrogen and oxygen atoms in total. The Morgan fingerprint density at radius 1 is 0.381 bits per heavy atom. The fraction of sp³-hybridized carbons (Fsp3) is 0.0492. The van der Waals surface area contributed by atoms with Crippen LogP contribution in [0.2, 0.25) is 0 Å². The normalized spacial score (nSPS) is 13.6. The lowest BCUT2D eigenvalue weighted by molar-refractivity contribution is 0.799. The van der Waals surface area contributed by atoms with Crippen LogP contribution in [-0.4, -0.2) is 12.6 Å². The van der Waals surface area contributed by atoms with Crippen LogP contribution in [0.1, 0.15) is 33.7 Å². The van der Waals surface area contributed by atoms with Gasteiger partial charge in [-0.1, -0.05) is 212 Å². The molecule has 63 heavy (non-hydrogen) atoms. The molecular weight excluding hydrogens is 775 g/mol. The second-order valence-corrected chi connectivity index (χ2v) is 21.0. The first-order valence-corrected chi connectivity index (χ1v) is 24.2. The summed E-state index contributed by atoms with van der Waals surface area (Å²) in [6.07, 6.45) is 1.87. The number of aromatic nitrogens is 1. The summed E-state index contributed by atoms with van der Waals surface area (Å²) in [7, 11) is -2.71. The van der Waals surface area contributed by atoms with E-state index in [4.69, 9.17) is 0 Å². The zero-order chi connectivity index (χ0) is 41.7. The maximum Gasteiger partial charge on any atom is 0.179 e. The number of hydrogen-bond acceptors (Lipinski definition) is 0. The van der Waals surface area contributed by atoms with Gasteiger partial charge >= 0.3 is 0 Å². The SMILES string of the molecule is c1ccc([Si](c2ccccc2)(c2ccccc2)c2cccc(-n3c4ccccc4c4cc(Cc5ccc6c(c5)-c5ccccc5C(c5cccc7ccccc57)C6)ccc43)c2)cc1. The zero-order valence-electron chi connectivity index (χ0n) is 35.0. The van der Waals surface area contributed by atoms with Gasteiger partial charge in [0.2, 0.25) is 0 Å². The van der Waals surface area contributed by atoms with Crippen LogP contribution in [0.25, 0.3) is 49.4 Å². The predicted octanol–water partition coefficient (Wildman–Crippen LogP) is 12.3. The highest BCUT2D eigenvalue weighted by Crippen LogP contribution is 2.45. The third-order valence-corrected chi connectivity index (χ3v) is 18.5. The Morgan fingerprint density at radius 2 is 0.937 bits per heavy atom. The van der Waals surface area contributed by atoms with Crippen LogP contribution in [0, 0.1) is 0 Å². The average molecular weight is 820 g/mol. The van der Waals surface area contributed by atoms with Gasteiger partial charge in [0.05, 0.1) is 11.0 Å². The van der Waals surface area contributed by atoms with Crippen molar-refractivity contribution in [2.24, 2.45) is 0 Å². The summed E-state index contributed by atoms with van der Waals surface area (Å²) in [6.45, 7) is 0. The summed E-state index contributed by atoms with van der Waals surface area (Å²) in [5, 5.41) is 10.7. The summed E-state index contributed by atoms with van der Waals surface area (Å²) < 4.78 is 2.49. The van der Waals surface area contributed by atoms with Crippen LogP contribution in [0.3, 0.4) is 0 Å². The fourth-order valence-electron chi connectivity index (χ4n) is 11.0. The first kappa shape index (κ1) is 37.3. The van der Waals surface area contributed by atoms with E-state index in [1.165, 1.54) is 98.0 Å². The largest absolute Gasteiger partial charge is 0.309 e. The lowest BCUT2D eigenvalue weighted by Crippen LogP contribution is -2.74. The molecule has 0 fully saturated rings. The van der Waals surface area contributed by atoms with Crippen molar-refractivity contribution in [2.75, 3.05) is 0 Å². The molecule has 10 aromatic carbocycles. The first-order chi connectivity index (χ1) is 31.2. The minimum absolute atomic E-state index is 0.319. The Balaban J connectivity index is 0.944. The Bertz CT molecular complexity index is 3360. The van der Waals surface area contributed by atoms with Gasteiger partial charge in [-0.15, -0.1) is 0 Å². The van der Waals surface area contributed by atoms with Crippen molar-refractivity contribution in [2.45, 2.75) is 18.8 Å². The fourth-order valence-corrected chi connectivity index (χ4v) is 15.7. The van der Waals surface area contributed by atoms with E-state index in [9.17, 15) is 0 Å². The molecule has 0 bridgehead atoms. The van der Waals surface area contributed by atoms with Crippen molar-refractivity contribution in [3.05, 3.63) is 270 Å². The Labute approximate surface area is 370 Å². The van der Waals surface area contributed by atoms with E-state index in [2.05, 4.69) is 247 Å². The second kappa shape index (κ2) is 15.4. The van der Waals surface area contributed by atoms with Gasteiger partial charge in [0.15, 0.2) is 8.07 Å². The predicted molar refractivity (Wildman–Crippen MR) is 269 cm³/mol. The van der Waals surface area contributed by atoms with Crippen LogP contribution < -0.4 is 20.7 Å². The van der Waals surface area contributed by atoms with Gasteiger partial charge < -0.3 is 4.57 Å². The summed E-state index contributed by atoms with van der Waals surface area (Å²) in [4.78, 5) is 0. The van der Waals surface area contributed by atoms with Crippen molar-refractivity contribution >= 4 is 61.4 Å². The minimum atomic E-state index is -2.71. The van der Waals surface area contributed by atoms with Crippen LogP contribution in [0.5, 0.6) is 0 Å². The van der Waals surface area contributed by atoms with Crippen LogP contribution >= 0.6 is 0 Å². The Kier molecular flexibility index (Phi) is 9.13. The van der Waals surface area contributed by atoms with Crippen molar-refractivity contribution in [3.8, 4) is 16.8 Å². The standard InChI is InChI=1S/C61H45NSi/c1-4-21-48(22-5-1)63(49-23-6-2-7-24-49,50-25-8-3-9-26-50)51-27-17-20-47(42-51)62-60-33-15-14-31-56(60)59-40-44(35-37-61(59)62)38-43-34-36-46-41-58(55-30-13-12-29-54(55)57(46)39-43)53-32-16-19-45-18-10-11-28-52(45)53/h1-37,39-40,42,58H,38,41H2. The van der Waals surface area contributed by atoms with Crippen molar-refractivity contribution in [1.29, 1.82) is 0 Å². The molecule has 11 aromatic rings. The minimum Gasteiger partial charge on any atom is -0.309 e. The lowest BCUT2D eigenvalue weighted by atomic mass is 9.74. The number of rotatable bonds is 8. The number of hydrogen-bond donors (Lipinski definition) is 0. The molecule has 12 rings (SSSR count). The number of fused-ring (bicyclic) bond motifs is 7. The third kappa shape index (κ3) is 6.21. The average Bonchev–Trinajstić information content (AvgIpc) is 3.69. The zero-order valence-corrected chi connectivity index (χ0v) is 36.0. The molecule has 1 heterocycles. The molecule has 2 heteroatoms. The van der Waals surface area contributed by atoms with Crippen molar-refractivity contribution < 1.29 is 0 Å². The Hall–Kier alpha value is -7.52. The van der Waals surface area contributed by atoms with E-state index in [-0.39, 0.29) is 0 Å². The van der Waals surface area contributed by atoms with Crippen LogP contribution in [0.15, 0.2) is 243 Å². The molecule has 0 saturated carbocycles.